The zero-order valence-electron chi connectivity index (χ0n) is 22.9. The van der Waals surface area contributed by atoms with E-state index in [2.05, 4.69) is 9.64 Å². The zero-order chi connectivity index (χ0) is 29.1. The number of esters is 1. The molecule has 0 N–H and O–H groups in total. The predicted octanol–water partition coefficient (Wildman–Crippen LogP) is 5.21. The molecule has 2 heterocycles. The Morgan fingerprint density at radius 1 is 1.02 bits per heavy atom. The lowest BCUT2D eigenvalue weighted by molar-refractivity contribution is -0.202. The summed E-state index contributed by atoms with van der Waals surface area (Å²) in [6, 6.07) is 7.39. The van der Waals surface area contributed by atoms with Crippen molar-refractivity contribution >= 4 is 11.9 Å². The highest BCUT2D eigenvalue weighted by Crippen LogP contribution is 2.45. The average molecular weight is 567 g/mol. The average Bonchev–Trinajstić information content (AvgIpc) is 3.20. The van der Waals surface area contributed by atoms with Crippen LogP contribution in [0, 0.1) is 11.2 Å². The Kier molecular flexibility index (Phi) is 8.92. The molecule has 1 spiro atoms. The molecule has 2 fully saturated rings. The van der Waals surface area contributed by atoms with Gasteiger partial charge in [-0.3, -0.25) is 9.69 Å². The lowest BCUT2D eigenvalue weighted by atomic mass is 9.77. The summed E-state index contributed by atoms with van der Waals surface area (Å²) >= 11 is 0. The molecule has 2 aliphatic heterocycles. The van der Waals surface area contributed by atoms with Crippen molar-refractivity contribution in [1.29, 1.82) is 0 Å². The number of piperidine rings is 1. The molecule has 0 aliphatic carbocycles. The van der Waals surface area contributed by atoms with E-state index in [1.54, 1.807) is 12.1 Å². The highest BCUT2D eigenvalue weighted by atomic mass is 19.4. The summed E-state index contributed by atoms with van der Waals surface area (Å²) in [6.45, 7) is 6.16. The minimum atomic E-state index is -4.91. The van der Waals surface area contributed by atoms with Crippen LogP contribution in [-0.4, -0.2) is 73.9 Å². The molecule has 1 unspecified atom stereocenters. The molecule has 0 saturated carbocycles. The van der Waals surface area contributed by atoms with Gasteiger partial charge in [-0.05, 0) is 80.6 Å². The highest BCUT2D eigenvalue weighted by molar-refractivity contribution is 5.87. The maximum Gasteiger partial charge on any atom is 0.419 e. The Bertz CT molecular complexity index is 1180. The van der Waals surface area contributed by atoms with E-state index in [0.717, 1.165) is 23.8 Å². The van der Waals surface area contributed by atoms with Gasteiger partial charge in [-0.25, -0.2) is 9.18 Å². The van der Waals surface area contributed by atoms with Gasteiger partial charge < -0.3 is 19.1 Å². The van der Waals surface area contributed by atoms with Crippen molar-refractivity contribution in [3.8, 4) is 22.6 Å². The standard InChI is InChI=1S/C29H34F4N2O5/c1-4-39-22-14-19(15-23(40-5-2)25(22)20-6-8-21(30)9-7-20)17-34-12-10-28(11-13-34)16-24(36)35(18-28)26(27(37)38-3)29(31,32)33/h6-9,14-15,26H,4-5,10-13,16-18H2,1-3H3. The Hall–Kier alpha value is -3.34. The van der Waals surface area contributed by atoms with E-state index in [1.165, 1.54) is 12.1 Å². The fourth-order valence-electron chi connectivity index (χ4n) is 5.67. The van der Waals surface area contributed by atoms with Crippen molar-refractivity contribution in [2.75, 3.05) is 40.0 Å². The molecule has 218 valence electrons. The van der Waals surface area contributed by atoms with Crippen molar-refractivity contribution in [2.45, 2.75) is 51.9 Å². The van der Waals surface area contributed by atoms with Gasteiger partial charge >= 0.3 is 12.1 Å². The lowest BCUT2D eigenvalue weighted by Crippen LogP contribution is -2.53. The number of carbonyl (C=O) groups excluding carboxylic acids is 2. The minimum absolute atomic E-state index is 0.0280. The second kappa shape index (κ2) is 12.0. The smallest absolute Gasteiger partial charge is 0.419 e. The number of rotatable bonds is 9. The van der Waals surface area contributed by atoms with Crippen LogP contribution in [0.2, 0.25) is 0 Å². The van der Waals surface area contributed by atoms with Crippen LogP contribution >= 0.6 is 0 Å². The third-order valence-electron chi connectivity index (χ3n) is 7.58. The number of amides is 1. The third-order valence-corrected chi connectivity index (χ3v) is 7.58. The summed E-state index contributed by atoms with van der Waals surface area (Å²) in [7, 11) is 0.885. The summed E-state index contributed by atoms with van der Waals surface area (Å²) in [5.41, 5.74) is 1.81. The fraction of sp³-hybridized carbons (Fsp3) is 0.517. The second-order valence-electron chi connectivity index (χ2n) is 10.3. The van der Waals surface area contributed by atoms with Crippen LogP contribution < -0.4 is 9.47 Å². The van der Waals surface area contributed by atoms with Crippen LogP contribution in [0.5, 0.6) is 11.5 Å². The number of halogens is 4. The van der Waals surface area contributed by atoms with Crippen LogP contribution in [0.25, 0.3) is 11.1 Å². The predicted molar refractivity (Wildman–Crippen MR) is 139 cm³/mol. The molecule has 0 radical (unpaired) electrons. The Morgan fingerprint density at radius 3 is 2.10 bits per heavy atom. The number of hydrogen-bond acceptors (Lipinski definition) is 6. The summed E-state index contributed by atoms with van der Waals surface area (Å²) < 4.78 is 70.7. The number of likely N-dealkylation sites (tertiary alicyclic amines) is 2. The topological polar surface area (TPSA) is 68.3 Å². The molecule has 2 aromatic carbocycles. The van der Waals surface area contributed by atoms with Gasteiger partial charge in [-0.2, -0.15) is 13.2 Å². The van der Waals surface area contributed by atoms with Crippen molar-refractivity contribution in [2.24, 2.45) is 5.41 Å². The van der Waals surface area contributed by atoms with Gasteiger partial charge in [-0.15, -0.1) is 0 Å². The van der Waals surface area contributed by atoms with Crippen LogP contribution in [0.3, 0.4) is 0 Å². The molecule has 2 aromatic rings. The van der Waals surface area contributed by atoms with Crippen LogP contribution in [0.4, 0.5) is 17.6 Å². The van der Waals surface area contributed by atoms with Gasteiger partial charge in [0.2, 0.25) is 11.9 Å². The van der Waals surface area contributed by atoms with Crippen LogP contribution in [0.15, 0.2) is 36.4 Å². The van der Waals surface area contributed by atoms with Crippen molar-refractivity contribution in [3.63, 3.8) is 0 Å². The van der Waals surface area contributed by atoms with Crippen LogP contribution in [-0.2, 0) is 20.9 Å². The number of methoxy groups -OCH3 is 1. The number of ether oxygens (including phenoxy) is 3. The molecular formula is C29H34F4N2O5. The number of benzene rings is 2. The normalized spacial score (nSPS) is 18.2. The number of hydrogen-bond donors (Lipinski definition) is 0. The highest BCUT2D eigenvalue weighted by Gasteiger charge is 2.57. The summed E-state index contributed by atoms with van der Waals surface area (Å²) in [4.78, 5) is 27.4. The van der Waals surface area contributed by atoms with Gasteiger partial charge in [0, 0.05) is 19.5 Å². The molecule has 11 heteroatoms. The molecule has 2 saturated heterocycles. The first kappa shape index (κ1) is 29.6. The second-order valence-corrected chi connectivity index (χ2v) is 10.3. The molecule has 1 amide bonds. The third kappa shape index (κ3) is 6.35. The van der Waals surface area contributed by atoms with Gasteiger partial charge in [0.25, 0.3) is 0 Å². The van der Waals surface area contributed by atoms with Gasteiger partial charge in [0.1, 0.15) is 17.3 Å². The summed E-state index contributed by atoms with van der Waals surface area (Å²) in [6.07, 6.45) is -3.90. The molecule has 40 heavy (non-hydrogen) atoms. The van der Waals surface area contributed by atoms with Crippen molar-refractivity contribution in [1.82, 2.24) is 9.80 Å². The molecule has 7 nitrogen and oxygen atoms in total. The maximum absolute atomic E-state index is 13.6. The van der Waals surface area contributed by atoms with Crippen LogP contribution in [0.1, 0.15) is 38.7 Å². The number of carbonyl (C=O) groups is 2. The Labute approximate surface area is 231 Å². The van der Waals surface area contributed by atoms with E-state index in [1.807, 2.05) is 26.0 Å². The van der Waals surface area contributed by atoms with Crippen molar-refractivity contribution < 1.29 is 41.4 Å². The van der Waals surface area contributed by atoms with E-state index >= 15 is 0 Å². The molecule has 2 aliphatic rings. The molecule has 0 aromatic heterocycles. The molecule has 0 bridgehead atoms. The van der Waals surface area contributed by atoms with E-state index in [9.17, 15) is 27.2 Å². The van der Waals surface area contributed by atoms with E-state index in [-0.39, 0.29) is 18.8 Å². The first-order chi connectivity index (χ1) is 19.0. The van der Waals surface area contributed by atoms with Gasteiger partial charge in [0.05, 0.1) is 25.9 Å². The lowest BCUT2D eigenvalue weighted by Gasteiger charge is -2.39. The quantitative estimate of drug-likeness (QED) is 0.307. The Balaban J connectivity index is 1.50. The molecular weight excluding hydrogens is 532 g/mol. The number of nitrogens with zero attached hydrogens (tertiary/aromatic N) is 2. The van der Waals surface area contributed by atoms with E-state index in [4.69, 9.17) is 9.47 Å². The first-order valence-corrected chi connectivity index (χ1v) is 13.3. The SMILES string of the molecule is CCOc1cc(CN2CCC3(CC2)CC(=O)N(C(C(=O)OC)C(F)(F)F)C3)cc(OCC)c1-c1ccc(F)cc1. The summed E-state index contributed by atoms with van der Waals surface area (Å²) in [5, 5.41) is 0. The molecule has 4 rings (SSSR count). The number of alkyl halides is 3. The van der Waals surface area contributed by atoms with Gasteiger partial charge in [0.15, 0.2) is 0 Å². The zero-order valence-corrected chi connectivity index (χ0v) is 22.9. The monoisotopic (exact) mass is 566 g/mol. The largest absolute Gasteiger partial charge is 0.493 e. The first-order valence-electron chi connectivity index (χ1n) is 13.3. The van der Waals surface area contributed by atoms with E-state index in [0.29, 0.717) is 62.1 Å². The Morgan fingerprint density at radius 2 is 1.60 bits per heavy atom. The summed E-state index contributed by atoms with van der Waals surface area (Å²) in [5.74, 6) is -1.27. The van der Waals surface area contributed by atoms with E-state index < -0.39 is 29.5 Å². The fourth-order valence-corrected chi connectivity index (χ4v) is 5.67. The van der Waals surface area contributed by atoms with Crippen molar-refractivity contribution in [3.05, 3.63) is 47.8 Å². The molecule has 1 atom stereocenters. The minimum Gasteiger partial charge on any atom is -0.493 e. The maximum atomic E-state index is 13.6. The van der Waals surface area contributed by atoms with Gasteiger partial charge in [-0.1, -0.05) is 12.1 Å².